The van der Waals surface area contributed by atoms with Gasteiger partial charge in [-0.3, -0.25) is 0 Å². The van der Waals surface area contributed by atoms with E-state index in [0.717, 1.165) is 10.0 Å². The Bertz CT molecular complexity index is 584. The standard InChI is InChI=1S/C14H12BrClFN/c1-14(18,9-3-2-4-10(15)7-9)12-8-11(17)5-6-13(12)16/h2-8H,18H2,1H3. The van der Waals surface area contributed by atoms with E-state index in [4.69, 9.17) is 17.3 Å². The maximum atomic E-state index is 13.3. The summed E-state index contributed by atoms with van der Waals surface area (Å²) >= 11 is 9.51. The van der Waals surface area contributed by atoms with Crippen LogP contribution in [0.1, 0.15) is 18.1 Å². The number of hydrogen-bond acceptors (Lipinski definition) is 1. The van der Waals surface area contributed by atoms with Crippen LogP contribution in [0.5, 0.6) is 0 Å². The topological polar surface area (TPSA) is 26.0 Å². The number of hydrogen-bond donors (Lipinski definition) is 1. The van der Waals surface area contributed by atoms with Gasteiger partial charge in [0, 0.05) is 9.50 Å². The fourth-order valence-electron chi connectivity index (χ4n) is 1.86. The van der Waals surface area contributed by atoms with Crippen molar-refractivity contribution >= 4 is 27.5 Å². The average Bonchev–Trinajstić information content (AvgIpc) is 2.32. The molecule has 1 nitrogen and oxygen atoms in total. The van der Waals surface area contributed by atoms with Crippen molar-refractivity contribution in [1.82, 2.24) is 0 Å². The first-order valence-electron chi connectivity index (χ1n) is 5.42. The lowest BCUT2D eigenvalue weighted by Gasteiger charge is -2.27. The summed E-state index contributed by atoms with van der Waals surface area (Å²) in [7, 11) is 0. The molecule has 2 N–H and O–H groups in total. The molecule has 1 unspecified atom stereocenters. The molecule has 0 aromatic heterocycles. The molecule has 0 saturated heterocycles. The van der Waals surface area contributed by atoms with Gasteiger partial charge in [-0.05, 0) is 48.4 Å². The number of rotatable bonds is 2. The highest BCUT2D eigenvalue weighted by Gasteiger charge is 2.26. The van der Waals surface area contributed by atoms with Gasteiger partial charge in [-0.15, -0.1) is 0 Å². The highest BCUT2D eigenvalue weighted by atomic mass is 79.9. The summed E-state index contributed by atoms with van der Waals surface area (Å²) in [6.45, 7) is 1.81. The first-order valence-corrected chi connectivity index (χ1v) is 6.59. The molecule has 0 spiro atoms. The van der Waals surface area contributed by atoms with Crippen molar-refractivity contribution in [1.29, 1.82) is 0 Å². The molecule has 0 amide bonds. The molecule has 2 aromatic rings. The molecule has 0 saturated carbocycles. The Labute approximate surface area is 119 Å². The Hall–Kier alpha value is -0.900. The Morgan fingerprint density at radius 1 is 1.22 bits per heavy atom. The molecular formula is C14H12BrClFN. The predicted octanol–water partition coefficient (Wildman–Crippen LogP) is 4.46. The lowest BCUT2D eigenvalue weighted by molar-refractivity contribution is 0.581. The zero-order chi connectivity index (χ0) is 13.3. The van der Waals surface area contributed by atoms with E-state index in [1.807, 2.05) is 31.2 Å². The van der Waals surface area contributed by atoms with Crippen LogP contribution in [-0.4, -0.2) is 0 Å². The highest BCUT2D eigenvalue weighted by Crippen LogP contribution is 2.33. The zero-order valence-corrected chi connectivity index (χ0v) is 12.1. The highest BCUT2D eigenvalue weighted by molar-refractivity contribution is 9.10. The van der Waals surface area contributed by atoms with Crippen molar-refractivity contribution in [2.24, 2.45) is 5.73 Å². The van der Waals surface area contributed by atoms with E-state index in [0.29, 0.717) is 10.6 Å². The summed E-state index contributed by atoms with van der Waals surface area (Å²) in [5.74, 6) is -0.346. The van der Waals surface area contributed by atoms with Crippen molar-refractivity contribution in [2.75, 3.05) is 0 Å². The second-order valence-corrected chi connectivity index (χ2v) is 5.66. The minimum Gasteiger partial charge on any atom is -0.318 e. The second kappa shape index (κ2) is 5.00. The van der Waals surface area contributed by atoms with Gasteiger partial charge in [-0.2, -0.15) is 0 Å². The molecule has 94 valence electrons. The maximum absolute atomic E-state index is 13.3. The van der Waals surface area contributed by atoms with Crippen molar-refractivity contribution in [3.63, 3.8) is 0 Å². The van der Waals surface area contributed by atoms with E-state index in [-0.39, 0.29) is 5.82 Å². The molecule has 0 aliphatic rings. The Morgan fingerprint density at radius 3 is 2.61 bits per heavy atom. The van der Waals surface area contributed by atoms with Gasteiger partial charge < -0.3 is 5.73 Å². The van der Waals surface area contributed by atoms with Gasteiger partial charge in [-0.25, -0.2) is 4.39 Å². The van der Waals surface area contributed by atoms with Crippen LogP contribution in [0.25, 0.3) is 0 Å². The largest absolute Gasteiger partial charge is 0.318 e. The zero-order valence-electron chi connectivity index (χ0n) is 9.75. The second-order valence-electron chi connectivity index (χ2n) is 4.34. The Balaban J connectivity index is 2.57. The summed E-state index contributed by atoms with van der Waals surface area (Å²) in [6.07, 6.45) is 0. The summed E-state index contributed by atoms with van der Waals surface area (Å²) in [5.41, 5.74) is 6.92. The molecule has 4 heteroatoms. The molecule has 2 rings (SSSR count). The van der Waals surface area contributed by atoms with Gasteiger partial charge in [0.25, 0.3) is 0 Å². The van der Waals surface area contributed by atoms with Gasteiger partial charge in [0.15, 0.2) is 0 Å². The van der Waals surface area contributed by atoms with Gasteiger partial charge >= 0.3 is 0 Å². The summed E-state index contributed by atoms with van der Waals surface area (Å²) in [4.78, 5) is 0. The molecule has 2 aromatic carbocycles. The van der Waals surface area contributed by atoms with Gasteiger partial charge in [-0.1, -0.05) is 39.7 Å². The molecule has 0 aliphatic carbocycles. The van der Waals surface area contributed by atoms with E-state index in [1.165, 1.54) is 18.2 Å². The van der Waals surface area contributed by atoms with Crippen molar-refractivity contribution in [3.05, 3.63) is 68.9 Å². The van der Waals surface area contributed by atoms with Gasteiger partial charge in [0.1, 0.15) is 5.82 Å². The average molecular weight is 329 g/mol. The smallest absolute Gasteiger partial charge is 0.123 e. The van der Waals surface area contributed by atoms with Crippen LogP contribution in [-0.2, 0) is 5.54 Å². The third-order valence-corrected chi connectivity index (χ3v) is 3.74. The third-order valence-electron chi connectivity index (χ3n) is 2.91. The van der Waals surface area contributed by atoms with Crippen molar-refractivity contribution in [3.8, 4) is 0 Å². The summed E-state index contributed by atoms with van der Waals surface area (Å²) in [6, 6.07) is 11.8. The quantitative estimate of drug-likeness (QED) is 0.865. The number of halogens is 3. The Kier molecular flexibility index (Phi) is 3.76. The maximum Gasteiger partial charge on any atom is 0.123 e. The minimum atomic E-state index is -0.844. The van der Waals surface area contributed by atoms with Crippen molar-refractivity contribution < 1.29 is 4.39 Å². The van der Waals surface area contributed by atoms with Crippen molar-refractivity contribution in [2.45, 2.75) is 12.5 Å². The van der Waals surface area contributed by atoms with Crippen LogP contribution >= 0.6 is 27.5 Å². The van der Waals surface area contributed by atoms with Crippen LogP contribution in [0.15, 0.2) is 46.9 Å². The lowest BCUT2D eigenvalue weighted by Crippen LogP contribution is -2.34. The molecule has 18 heavy (non-hydrogen) atoms. The first kappa shape index (κ1) is 13.5. The van der Waals surface area contributed by atoms with E-state index in [9.17, 15) is 4.39 Å². The van der Waals surface area contributed by atoms with E-state index >= 15 is 0 Å². The molecule has 0 radical (unpaired) electrons. The fourth-order valence-corrected chi connectivity index (χ4v) is 2.58. The monoisotopic (exact) mass is 327 g/mol. The molecule has 0 fully saturated rings. The molecule has 1 atom stereocenters. The van der Waals surface area contributed by atoms with Gasteiger partial charge in [0.2, 0.25) is 0 Å². The number of nitrogens with two attached hydrogens (primary N) is 1. The van der Waals surface area contributed by atoms with Crippen LogP contribution < -0.4 is 5.73 Å². The predicted molar refractivity (Wildman–Crippen MR) is 76.2 cm³/mol. The first-order chi connectivity index (χ1) is 8.41. The normalized spacial score (nSPS) is 14.3. The Morgan fingerprint density at radius 2 is 1.94 bits per heavy atom. The van der Waals surface area contributed by atoms with Gasteiger partial charge in [0.05, 0.1) is 5.54 Å². The molecular weight excluding hydrogens is 317 g/mol. The third kappa shape index (κ3) is 2.58. The summed E-state index contributed by atoms with van der Waals surface area (Å²) in [5, 5.41) is 0.460. The number of benzene rings is 2. The van der Waals surface area contributed by atoms with E-state index in [2.05, 4.69) is 15.9 Å². The van der Waals surface area contributed by atoms with E-state index < -0.39 is 5.54 Å². The molecule has 0 aliphatic heterocycles. The van der Waals surface area contributed by atoms with E-state index in [1.54, 1.807) is 0 Å². The molecule has 0 bridgehead atoms. The minimum absolute atomic E-state index is 0.346. The summed E-state index contributed by atoms with van der Waals surface area (Å²) < 4.78 is 14.3. The van der Waals surface area contributed by atoms with Crippen LogP contribution in [0.4, 0.5) is 4.39 Å². The van der Waals surface area contributed by atoms with Crippen LogP contribution in [0.2, 0.25) is 5.02 Å². The lowest BCUT2D eigenvalue weighted by atomic mass is 9.85. The van der Waals surface area contributed by atoms with Crippen LogP contribution in [0.3, 0.4) is 0 Å². The molecule has 0 heterocycles. The fraction of sp³-hybridized carbons (Fsp3) is 0.143. The SMILES string of the molecule is CC(N)(c1cccc(Br)c1)c1cc(F)ccc1Cl. The van der Waals surface area contributed by atoms with Crippen LogP contribution in [0, 0.1) is 5.82 Å².